The van der Waals surface area contributed by atoms with E-state index < -0.39 is 10.2 Å². The van der Waals surface area contributed by atoms with Gasteiger partial charge in [-0.3, -0.25) is 0 Å². The Balaban J connectivity index is 2.51. The molecule has 1 heterocycles. The van der Waals surface area contributed by atoms with Crippen LogP contribution in [-0.2, 0) is 14.9 Å². The fraction of sp³-hybridized carbons (Fsp3) is 1.00. The van der Waals surface area contributed by atoms with Crippen LogP contribution in [0.4, 0.5) is 0 Å². The van der Waals surface area contributed by atoms with Crippen molar-refractivity contribution in [1.29, 1.82) is 0 Å². The highest BCUT2D eigenvalue weighted by atomic mass is 32.2. The Bertz CT molecular complexity index is 282. The molecule has 5 nitrogen and oxygen atoms in total. The van der Waals surface area contributed by atoms with Crippen LogP contribution in [0.2, 0.25) is 0 Å². The Kier molecular flexibility index (Phi) is 4.51. The zero-order valence-corrected chi connectivity index (χ0v) is 10.5. The predicted octanol–water partition coefficient (Wildman–Crippen LogP) is 0.151. The Morgan fingerprint density at radius 2 is 1.87 bits per heavy atom. The smallest absolute Gasteiger partial charge is 0.281 e. The van der Waals surface area contributed by atoms with E-state index in [2.05, 4.69) is 0 Å². The van der Waals surface area contributed by atoms with Gasteiger partial charge in [0, 0.05) is 40.9 Å². The van der Waals surface area contributed by atoms with E-state index in [1.54, 1.807) is 25.5 Å². The van der Waals surface area contributed by atoms with E-state index >= 15 is 0 Å². The van der Waals surface area contributed by atoms with Gasteiger partial charge in [-0.2, -0.15) is 17.0 Å². The first-order valence-electron chi connectivity index (χ1n) is 5.15. The van der Waals surface area contributed by atoms with Crippen LogP contribution in [0.1, 0.15) is 12.8 Å². The van der Waals surface area contributed by atoms with Crippen molar-refractivity contribution in [3.05, 3.63) is 0 Å². The lowest BCUT2D eigenvalue weighted by Gasteiger charge is -2.32. The van der Waals surface area contributed by atoms with Gasteiger partial charge in [0.2, 0.25) is 0 Å². The van der Waals surface area contributed by atoms with E-state index in [9.17, 15) is 8.42 Å². The summed E-state index contributed by atoms with van der Waals surface area (Å²) in [6.07, 6.45) is 1.78. The molecule has 1 saturated heterocycles. The van der Waals surface area contributed by atoms with Crippen molar-refractivity contribution >= 4 is 10.2 Å². The van der Waals surface area contributed by atoms with Gasteiger partial charge in [0.15, 0.2) is 0 Å². The second kappa shape index (κ2) is 5.25. The molecule has 0 unspecified atom stereocenters. The molecular weight excluding hydrogens is 216 g/mol. The van der Waals surface area contributed by atoms with Crippen molar-refractivity contribution in [2.24, 2.45) is 5.92 Å². The molecule has 0 amide bonds. The number of ether oxygens (including phenoxy) is 1. The summed E-state index contributed by atoms with van der Waals surface area (Å²) < 4.78 is 31.4. The Morgan fingerprint density at radius 1 is 1.33 bits per heavy atom. The van der Waals surface area contributed by atoms with Gasteiger partial charge in [-0.25, -0.2) is 0 Å². The highest BCUT2D eigenvalue weighted by Gasteiger charge is 2.29. The lowest BCUT2D eigenvalue weighted by molar-refractivity contribution is 0.120. The van der Waals surface area contributed by atoms with E-state index in [1.165, 1.54) is 4.31 Å². The number of methoxy groups -OCH3 is 1. The molecule has 90 valence electrons. The maximum Gasteiger partial charge on any atom is 0.281 e. The first kappa shape index (κ1) is 12.9. The average molecular weight is 236 g/mol. The van der Waals surface area contributed by atoms with E-state index in [-0.39, 0.29) is 0 Å². The largest absolute Gasteiger partial charge is 0.384 e. The molecule has 15 heavy (non-hydrogen) atoms. The summed E-state index contributed by atoms with van der Waals surface area (Å²) in [4.78, 5) is 0. The third kappa shape index (κ3) is 3.14. The summed E-state index contributed by atoms with van der Waals surface area (Å²) in [5.41, 5.74) is 0. The monoisotopic (exact) mass is 236 g/mol. The van der Waals surface area contributed by atoms with Crippen molar-refractivity contribution in [3.63, 3.8) is 0 Å². The molecule has 0 aromatic heterocycles. The first-order valence-corrected chi connectivity index (χ1v) is 6.54. The van der Waals surface area contributed by atoms with Crippen LogP contribution in [0.25, 0.3) is 0 Å². The number of piperidine rings is 1. The predicted molar refractivity (Wildman–Crippen MR) is 58.8 cm³/mol. The summed E-state index contributed by atoms with van der Waals surface area (Å²) in [6.45, 7) is 1.94. The van der Waals surface area contributed by atoms with E-state index in [4.69, 9.17) is 4.74 Å². The molecule has 0 aromatic carbocycles. The van der Waals surface area contributed by atoms with Crippen LogP contribution in [0, 0.1) is 5.92 Å². The Hall–Kier alpha value is -0.170. The number of rotatable bonds is 4. The Labute approximate surface area is 92.2 Å². The molecule has 1 fully saturated rings. The molecule has 0 saturated carbocycles. The standard InChI is InChI=1S/C9H20N2O3S/c1-10(2)15(12,13)11-6-4-9(5-7-11)8-14-3/h9H,4-8H2,1-3H3. The zero-order chi connectivity index (χ0) is 11.5. The normalized spacial score (nSPS) is 21.1. The minimum absolute atomic E-state index is 0.503. The minimum atomic E-state index is -3.21. The minimum Gasteiger partial charge on any atom is -0.384 e. The second-order valence-electron chi connectivity index (χ2n) is 4.09. The van der Waals surface area contributed by atoms with Crippen LogP contribution in [0.5, 0.6) is 0 Å². The average Bonchev–Trinajstić information content (AvgIpc) is 2.19. The van der Waals surface area contributed by atoms with Gasteiger partial charge in [-0.05, 0) is 18.8 Å². The molecule has 0 radical (unpaired) electrons. The van der Waals surface area contributed by atoms with Crippen molar-refractivity contribution in [1.82, 2.24) is 8.61 Å². The molecule has 1 aliphatic heterocycles. The van der Waals surface area contributed by atoms with Crippen molar-refractivity contribution in [2.45, 2.75) is 12.8 Å². The van der Waals surface area contributed by atoms with Crippen LogP contribution < -0.4 is 0 Å². The molecule has 1 rings (SSSR count). The molecule has 6 heteroatoms. The number of hydrogen-bond donors (Lipinski definition) is 0. The van der Waals surface area contributed by atoms with E-state index in [0.717, 1.165) is 19.4 Å². The van der Waals surface area contributed by atoms with Crippen LogP contribution in [-0.4, -0.2) is 57.9 Å². The van der Waals surface area contributed by atoms with Gasteiger partial charge in [-0.15, -0.1) is 0 Å². The summed E-state index contributed by atoms with van der Waals surface area (Å²) in [5, 5.41) is 0. The molecule has 1 aliphatic rings. The molecule has 0 aliphatic carbocycles. The van der Waals surface area contributed by atoms with Gasteiger partial charge in [-0.1, -0.05) is 0 Å². The van der Waals surface area contributed by atoms with Gasteiger partial charge < -0.3 is 4.74 Å². The summed E-state index contributed by atoms with van der Waals surface area (Å²) in [5.74, 6) is 0.503. The van der Waals surface area contributed by atoms with Crippen molar-refractivity contribution in [3.8, 4) is 0 Å². The van der Waals surface area contributed by atoms with Crippen molar-refractivity contribution < 1.29 is 13.2 Å². The summed E-state index contributed by atoms with van der Waals surface area (Å²) in [7, 11) is 1.60. The Morgan fingerprint density at radius 3 is 2.27 bits per heavy atom. The maximum atomic E-state index is 11.8. The van der Waals surface area contributed by atoms with E-state index in [0.29, 0.717) is 19.0 Å². The molecule has 0 bridgehead atoms. The fourth-order valence-corrected chi connectivity index (χ4v) is 2.91. The molecule has 0 N–H and O–H groups in total. The second-order valence-corrected chi connectivity index (χ2v) is 6.23. The summed E-state index contributed by atoms with van der Waals surface area (Å²) in [6, 6.07) is 0. The van der Waals surface area contributed by atoms with Gasteiger partial charge in [0.05, 0.1) is 0 Å². The van der Waals surface area contributed by atoms with Crippen LogP contribution in [0.15, 0.2) is 0 Å². The lowest BCUT2D eigenvalue weighted by atomic mass is 9.99. The zero-order valence-electron chi connectivity index (χ0n) is 9.64. The number of hydrogen-bond acceptors (Lipinski definition) is 3. The van der Waals surface area contributed by atoms with Gasteiger partial charge in [0.25, 0.3) is 10.2 Å². The number of nitrogens with zero attached hydrogens (tertiary/aromatic N) is 2. The third-order valence-corrected chi connectivity index (χ3v) is 4.70. The van der Waals surface area contributed by atoms with Crippen LogP contribution >= 0.6 is 0 Å². The fourth-order valence-electron chi connectivity index (χ4n) is 1.77. The first-order chi connectivity index (χ1) is 6.98. The molecule has 0 spiro atoms. The van der Waals surface area contributed by atoms with Gasteiger partial charge >= 0.3 is 0 Å². The van der Waals surface area contributed by atoms with E-state index in [1.807, 2.05) is 0 Å². The maximum absolute atomic E-state index is 11.8. The summed E-state index contributed by atoms with van der Waals surface area (Å²) >= 11 is 0. The topological polar surface area (TPSA) is 49.9 Å². The quantitative estimate of drug-likeness (QED) is 0.698. The molecule has 0 aromatic rings. The SMILES string of the molecule is COCC1CCN(S(=O)(=O)N(C)C)CC1. The highest BCUT2D eigenvalue weighted by Crippen LogP contribution is 2.20. The third-order valence-electron chi connectivity index (χ3n) is 2.76. The van der Waals surface area contributed by atoms with Crippen LogP contribution in [0.3, 0.4) is 0 Å². The van der Waals surface area contributed by atoms with Gasteiger partial charge in [0.1, 0.15) is 0 Å². The van der Waals surface area contributed by atoms with Crippen molar-refractivity contribution in [2.75, 3.05) is 40.9 Å². The highest BCUT2D eigenvalue weighted by molar-refractivity contribution is 7.86. The molecule has 0 atom stereocenters. The molecular formula is C9H20N2O3S. The lowest BCUT2D eigenvalue weighted by Crippen LogP contribution is -2.44.